The molecule has 2 aromatic rings. The first kappa shape index (κ1) is 11.7. The molecule has 0 radical (unpaired) electrons. The summed E-state index contributed by atoms with van der Waals surface area (Å²) in [6.07, 6.45) is 1.82. The summed E-state index contributed by atoms with van der Waals surface area (Å²) in [5.74, 6) is -0.582. The molecule has 2 N–H and O–H groups in total. The first-order valence-corrected chi connectivity index (χ1v) is 5.77. The molecular weight excluding hydrogens is 242 g/mol. The number of carbonyl (C=O) groups is 1. The Labute approximate surface area is 101 Å². The van der Waals surface area contributed by atoms with Crippen LogP contribution >= 0.6 is 11.3 Å². The van der Waals surface area contributed by atoms with Gasteiger partial charge < -0.3 is 14.9 Å². The molecule has 2 heterocycles. The van der Waals surface area contributed by atoms with Crippen LogP contribution in [-0.2, 0) is 13.1 Å². The number of aryl methyl sites for hydroxylation is 1. The van der Waals surface area contributed by atoms with E-state index in [1.54, 1.807) is 11.3 Å². The van der Waals surface area contributed by atoms with Crippen molar-refractivity contribution in [1.29, 1.82) is 0 Å². The number of rotatable bonds is 5. The summed E-state index contributed by atoms with van der Waals surface area (Å²) in [6, 6.07) is 1.41. The van der Waals surface area contributed by atoms with Crippen LogP contribution in [0.3, 0.4) is 0 Å². The van der Waals surface area contributed by atoms with Gasteiger partial charge in [0.15, 0.2) is 11.5 Å². The molecule has 0 saturated carbocycles. The maximum Gasteiger partial charge on any atom is 0.358 e. The van der Waals surface area contributed by atoms with E-state index in [4.69, 9.17) is 9.63 Å². The Morgan fingerprint density at radius 1 is 1.59 bits per heavy atom. The first-order chi connectivity index (χ1) is 8.15. The summed E-state index contributed by atoms with van der Waals surface area (Å²) < 4.78 is 4.86. The van der Waals surface area contributed by atoms with Crippen LogP contribution in [0.5, 0.6) is 0 Å². The molecule has 2 aromatic heterocycles. The predicted octanol–water partition coefficient (Wildman–Crippen LogP) is 1.43. The molecule has 0 aliphatic rings. The van der Waals surface area contributed by atoms with E-state index in [1.807, 2.05) is 13.1 Å². The first-order valence-electron chi connectivity index (χ1n) is 4.96. The van der Waals surface area contributed by atoms with Crippen molar-refractivity contribution in [2.24, 2.45) is 0 Å². The van der Waals surface area contributed by atoms with Gasteiger partial charge in [-0.05, 0) is 6.92 Å². The number of carboxylic acid groups (broad SMARTS) is 1. The van der Waals surface area contributed by atoms with Gasteiger partial charge in [-0.1, -0.05) is 5.16 Å². The van der Waals surface area contributed by atoms with E-state index in [-0.39, 0.29) is 5.69 Å². The number of hydrogen-bond acceptors (Lipinski definition) is 6. The summed E-state index contributed by atoms with van der Waals surface area (Å²) in [4.78, 5) is 15.8. The van der Waals surface area contributed by atoms with Crippen LogP contribution in [0, 0.1) is 6.92 Å². The molecule has 0 aliphatic heterocycles. The maximum atomic E-state index is 10.6. The lowest BCUT2D eigenvalue weighted by molar-refractivity contribution is 0.0685. The van der Waals surface area contributed by atoms with Crippen LogP contribution < -0.4 is 5.32 Å². The van der Waals surface area contributed by atoms with E-state index >= 15 is 0 Å². The Balaban J connectivity index is 1.83. The van der Waals surface area contributed by atoms with Gasteiger partial charge >= 0.3 is 5.97 Å². The number of hydrogen-bond donors (Lipinski definition) is 2. The minimum absolute atomic E-state index is 0.0737. The highest BCUT2D eigenvalue weighted by atomic mass is 32.1. The molecule has 6 nitrogen and oxygen atoms in total. The maximum absolute atomic E-state index is 10.6. The summed E-state index contributed by atoms with van der Waals surface area (Å²) in [5.41, 5.74) is -0.0737. The fraction of sp³-hybridized carbons (Fsp3) is 0.300. The molecule has 7 heteroatoms. The molecule has 0 aliphatic carbocycles. The molecule has 0 atom stereocenters. The third kappa shape index (κ3) is 3.11. The zero-order chi connectivity index (χ0) is 12.3. The predicted molar refractivity (Wildman–Crippen MR) is 60.9 cm³/mol. The van der Waals surface area contributed by atoms with Crippen LogP contribution in [0.25, 0.3) is 0 Å². The lowest BCUT2D eigenvalue weighted by Crippen LogP contribution is -2.11. The molecule has 0 spiro atoms. The SMILES string of the molecule is Cc1ncc(CNCc2cc(C(=O)O)no2)s1. The fourth-order valence-electron chi connectivity index (χ4n) is 1.29. The number of carboxylic acids is 1. The summed E-state index contributed by atoms with van der Waals surface area (Å²) in [7, 11) is 0. The van der Waals surface area contributed by atoms with Crippen molar-refractivity contribution < 1.29 is 14.4 Å². The average molecular weight is 253 g/mol. The van der Waals surface area contributed by atoms with Crippen molar-refractivity contribution in [2.45, 2.75) is 20.0 Å². The Morgan fingerprint density at radius 3 is 3.00 bits per heavy atom. The van der Waals surface area contributed by atoms with Gasteiger partial charge in [-0.2, -0.15) is 0 Å². The van der Waals surface area contributed by atoms with E-state index in [0.717, 1.165) is 9.88 Å². The van der Waals surface area contributed by atoms with Crippen LogP contribution in [-0.4, -0.2) is 21.2 Å². The minimum atomic E-state index is -1.09. The molecule has 90 valence electrons. The smallest absolute Gasteiger partial charge is 0.358 e. The molecule has 0 aromatic carbocycles. The van der Waals surface area contributed by atoms with Gasteiger partial charge in [0.05, 0.1) is 11.6 Å². The number of aromatic nitrogens is 2. The quantitative estimate of drug-likeness (QED) is 0.838. The van der Waals surface area contributed by atoms with Crippen LogP contribution in [0.2, 0.25) is 0 Å². The van der Waals surface area contributed by atoms with Crippen molar-refractivity contribution in [1.82, 2.24) is 15.5 Å². The van der Waals surface area contributed by atoms with Gasteiger partial charge in [0.25, 0.3) is 0 Å². The highest BCUT2D eigenvalue weighted by molar-refractivity contribution is 7.11. The van der Waals surface area contributed by atoms with Crippen molar-refractivity contribution in [3.05, 3.63) is 33.6 Å². The molecule has 0 saturated heterocycles. The van der Waals surface area contributed by atoms with Crippen molar-refractivity contribution in [3.8, 4) is 0 Å². The van der Waals surface area contributed by atoms with Gasteiger partial charge in [-0.25, -0.2) is 9.78 Å². The second-order valence-electron chi connectivity index (χ2n) is 3.43. The lowest BCUT2D eigenvalue weighted by atomic mass is 10.3. The number of aromatic carboxylic acids is 1. The Kier molecular flexibility index (Phi) is 3.50. The Hall–Kier alpha value is -1.73. The summed E-state index contributed by atoms with van der Waals surface area (Å²) in [6.45, 7) is 3.07. The van der Waals surface area contributed by atoms with Crippen molar-refractivity contribution in [2.75, 3.05) is 0 Å². The molecule has 0 bridgehead atoms. The molecule has 0 unspecified atom stereocenters. The Morgan fingerprint density at radius 2 is 2.41 bits per heavy atom. The summed E-state index contributed by atoms with van der Waals surface area (Å²) >= 11 is 1.62. The van der Waals surface area contributed by atoms with E-state index in [9.17, 15) is 4.79 Å². The third-order valence-electron chi connectivity index (χ3n) is 2.05. The second-order valence-corrected chi connectivity index (χ2v) is 4.75. The van der Waals surface area contributed by atoms with E-state index in [2.05, 4.69) is 15.5 Å². The van der Waals surface area contributed by atoms with Gasteiger partial charge in [0.2, 0.25) is 0 Å². The van der Waals surface area contributed by atoms with Crippen molar-refractivity contribution in [3.63, 3.8) is 0 Å². The topological polar surface area (TPSA) is 88.2 Å². The fourth-order valence-corrected chi connectivity index (χ4v) is 2.06. The van der Waals surface area contributed by atoms with Gasteiger partial charge in [0.1, 0.15) is 0 Å². The van der Waals surface area contributed by atoms with E-state index < -0.39 is 5.97 Å². The lowest BCUT2D eigenvalue weighted by Gasteiger charge is -1.97. The average Bonchev–Trinajstić information content (AvgIpc) is 2.88. The van der Waals surface area contributed by atoms with Gasteiger partial charge in [-0.15, -0.1) is 11.3 Å². The third-order valence-corrected chi connectivity index (χ3v) is 2.96. The summed E-state index contributed by atoms with van der Waals surface area (Å²) in [5, 5.41) is 16.2. The molecule has 0 fully saturated rings. The van der Waals surface area contributed by atoms with Crippen LogP contribution in [0.4, 0.5) is 0 Å². The molecule has 2 rings (SSSR count). The normalized spacial score (nSPS) is 10.6. The minimum Gasteiger partial charge on any atom is -0.476 e. The highest BCUT2D eigenvalue weighted by Crippen LogP contribution is 2.11. The van der Waals surface area contributed by atoms with Crippen LogP contribution in [0.1, 0.15) is 26.1 Å². The van der Waals surface area contributed by atoms with Gasteiger partial charge in [0, 0.05) is 23.7 Å². The number of nitrogens with zero attached hydrogens (tertiary/aromatic N) is 2. The largest absolute Gasteiger partial charge is 0.476 e. The highest BCUT2D eigenvalue weighted by Gasteiger charge is 2.10. The van der Waals surface area contributed by atoms with E-state index in [1.165, 1.54) is 6.07 Å². The monoisotopic (exact) mass is 253 g/mol. The zero-order valence-corrected chi connectivity index (χ0v) is 9.95. The molecule has 0 amide bonds. The standard InChI is InChI=1S/C10H11N3O3S/c1-6-12-5-8(17-6)4-11-3-7-2-9(10(14)15)13-16-7/h2,5,11H,3-4H2,1H3,(H,14,15). The Bertz CT molecular complexity index is 520. The van der Waals surface area contributed by atoms with Gasteiger partial charge in [-0.3, -0.25) is 0 Å². The van der Waals surface area contributed by atoms with E-state index in [0.29, 0.717) is 18.8 Å². The molecule has 17 heavy (non-hydrogen) atoms. The zero-order valence-electron chi connectivity index (χ0n) is 9.14. The number of nitrogens with one attached hydrogen (secondary N) is 1. The number of thiazole rings is 1. The molecular formula is C10H11N3O3S. The second kappa shape index (κ2) is 5.07. The van der Waals surface area contributed by atoms with Crippen LogP contribution in [0.15, 0.2) is 16.8 Å². The van der Waals surface area contributed by atoms with Crippen molar-refractivity contribution >= 4 is 17.3 Å².